The number of aliphatic hydroxyl groups excluding tert-OH is 1. The van der Waals surface area contributed by atoms with Gasteiger partial charge in [0.15, 0.2) is 11.6 Å². The molecule has 0 rings (SSSR count). The molecule has 4 atom stereocenters. The molecule has 0 aliphatic rings. The first-order valence-corrected chi connectivity index (χ1v) is 26.8. The lowest BCUT2D eigenvalue weighted by Gasteiger charge is -2.16. The highest BCUT2D eigenvalue weighted by molar-refractivity contribution is 5.87. The number of ether oxygens (including phenoxy) is 4. The second-order valence-electron chi connectivity index (χ2n) is 18.2. The van der Waals surface area contributed by atoms with E-state index in [1.807, 2.05) is 13.8 Å². The molecule has 0 fully saturated rings. The number of hydrogen-bond acceptors (Lipinski definition) is 16. The van der Waals surface area contributed by atoms with Crippen molar-refractivity contribution in [2.45, 2.75) is 181 Å². The molecule has 0 aliphatic carbocycles. The lowest BCUT2D eigenvalue weighted by Crippen LogP contribution is -2.42. The number of unbranched alkanes of at least 4 members (excludes halogenated alkanes) is 8. The van der Waals surface area contributed by atoms with Crippen LogP contribution >= 0.6 is 0 Å². The summed E-state index contributed by atoms with van der Waals surface area (Å²) in [6.07, 6.45) is 10.2. The summed E-state index contributed by atoms with van der Waals surface area (Å²) in [5, 5.41) is 55.7. The Hall–Kier alpha value is -5.43. The standard InChI is InChI=1S/C28H47N3O12.C24H43NO8/c1-3-20(24(35)17-32)6-4-5-11-30-25(36)10-8-23(28(40)41)31-26(37)9-7-21(27(38)39)16-22(34)18-43-15-14-42-13-12-29-19(2)33;1-2-32-18-19-33-17-11-12-20(26)15-16-21(24(30)31)25-22(27)13-9-7-5-3-4-6-8-10-14-23(28)29/h20-21,23,32H,3-18H2,1-2H3,(H,29,33)(H,30,36)(H,31,37)(H,38,39)(H,40,41);21H,2-19H2,1H3,(H,25,27)(H,28,29)(H,30,31)/t20-,21+,23-;21-/m00/s1. The van der Waals surface area contributed by atoms with Gasteiger partial charge in [-0.25, -0.2) is 9.59 Å². The second kappa shape index (κ2) is 49.2. The van der Waals surface area contributed by atoms with Gasteiger partial charge < -0.3 is 65.7 Å². The van der Waals surface area contributed by atoms with E-state index >= 15 is 0 Å². The second-order valence-corrected chi connectivity index (χ2v) is 18.2. The number of carbonyl (C=O) groups is 11. The van der Waals surface area contributed by atoms with Crippen LogP contribution in [0.25, 0.3) is 0 Å². The van der Waals surface area contributed by atoms with Crippen LogP contribution in [0.2, 0.25) is 0 Å². The molecular weight excluding hydrogens is 1000 g/mol. The fourth-order valence-corrected chi connectivity index (χ4v) is 7.32. The number of rotatable bonds is 51. The Balaban J connectivity index is 0. The summed E-state index contributed by atoms with van der Waals surface area (Å²) in [7, 11) is 0. The summed E-state index contributed by atoms with van der Waals surface area (Å²) in [6.45, 7) is 7.65. The average Bonchev–Trinajstić information content (AvgIpc) is 3.36. The first kappa shape index (κ1) is 72.6. The summed E-state index contributed by atoms with van der Waals surface area (Å²) >= 11 is 0. The van der Waals surface area contributed by atoms with Crippen LogP contribution in [0.4, 0.5) is 0 Å². The molecule has 9 N–H and O–H groups in total. The smallest absolute Gasteiger partial charge is 0.326 e. The van der Waals surface area contributed by atoms with Gasteiger partial charge in [0.1, 0.15) is 31.1 Å². The molecule has 0 heterocycles. The average molecular weight is 1090 g/mol. The van der Waals surface area contributed by atoms with Crippen molar-refractivity contribution in [3.8, 4) is 0 Å². The van der Waals surface area contributed by atoms with E-state index in [-0.39, 0.29) is 114 Å². The van der Waals surface area contributed by atoms with Gasteiger partial charge in [0.05, 0.1) is 39.0 Å². The minimum absolute atomic E-state index is 0.0353. The number of aliphatic hydroxyl groups is 1. The van der Waals surface area contributed by atoms with E-state index in [2.05, 4.69) is 21.3 Å². The maximum absolute atomic E-state index is 12.3. The van der Waals surface area contributed by atoms with Crippen molar-refractivity contribution in [1.82, 2.24) is 21.3 Å². The van der Waals surface area contributed by atoms with Gasteiger partial charge in [-0.1, -0.05) is 51.9 Å². The Bertz CT molecular complexity index is 1700. The molecule has 0 aromatic carbocycles. The monoisotopic (exact) mass is 1090 g/mol. The van der Waals surface area contributed by atoms with Gasteiger partial charge >= 0.3 is 23.9 Å². The predicted octanol–water partition coefficient (Wildman–Crippen LogP) is 3.54. The van der Waals surface area contributed by atoms with Crippen LogP contribution in [-0.2, 0) is 71.7 Å². The van der Waals surface area contributed by atoms with Gasteiger partial charge in [-0.05, 0) is 64.7 Å². The normalized spacial score (nSPS) is 12.4. The zero-order chi connectivity index (χ0) is 57.4. The number of carboxylic acids is 4. The maximum Gasteiger partial charge on any atom is 0.326 e. The van der Waals surface area contributed by atoms with E-state index in [0.29, 0.717) is 84.5 Å². The largest absolute Gasteiger partial charge is 0.481 e. The molecule has 0 aromatic rings. The van der Waals surface area contributed by atoms with Crippen LogP contribution in [0, 0.1) is 11.8 Å². The van der Waals surface area contributed by atoms with E-state index in [0.717, 1.165) is 44.9 Å². The lowest BCUT2D eigenvalue weighted by molar-refractivity contribution is -0.145. The van der Waals surface area contributed by atoms with Crippen molar-refractivity contribution < 1.29 is 97.2 Å². The van der Waals surface area contributed by atoms with Crippen LogP contribution in [-0.4, -0.2) is 175 Å². The van der Waals surface area contributed by atoms with E-state index in [1.165, 1.54) is 6.92 Å². The van der Waals surface area contributed by atoms with Crippen LogP contribution in [0.5, 0.6) is 0 Å². The van der Waals surface area contributed by atoms with Gasteiger partial charge in [0.2, 0.25) is 23.6 Å². The first-order chi connectivity index (χ1) is 36.3. The fourth-order valence-electron chi connectivity index (χ4n) is 7.32. The minimum atomic E-state index is -1.35. The maximum atomic E-state index is 12.3. The van der Waals surface area contributed by atoms with Gasteiger partial charge in [-0.2, -0.15) is 0 Å². The van der Waals surface area contributed by atoms with Crippen LogP contribution < -0.4 is 21.3 Å². The van der Waals surface area contributed by atoms with Crippen molar-refractivity contribution >= 4 is 64.9 Å². The van der Waals surface area contributed by atoms with Crippen molar-refractivity contribution in [2.75, 3.05) is 72.6 Å². The molecule has 0 bridgehead atoms. The Morgan fingerprint density at radius 1 is 0.447 bits per heavy atom. The minimum Gasteiger partial charge on any atom is -0.481 e. The molecule has 0 unspecified atom stereocenters. The molecule has 24 nitrogen and oxygen atoms in total. The van der Waals surface area contributed by atoms with Crippen molar-refractivity contribution in [1.29, 1.82) is 0 Å². The van der Waals surface area contributed by atoms with Gasteiger partial charge in [0, 0.05) is 84.1 Å². The van der Waals surface area contributed by atoms with E-state index in [4.69, 9.17) is 29.2 Å². The van der Waals surface area contributed by atoms with Gasteiger partial charge in [0.25, 0.3) is 0 Å². The highest BCUT2D eigenvalue weighted by atomic mass is 16.5. The summed E-state index contributed by atoms with van der Waals surface area (Å²) in [5.74, 6) is -8.21. The summed E-state index contributed by atoms with van der Waals surface area (Å²) in [4.78, 5) is 128. The van der Waals surface area contributed by atoms with Crippen LogP contribution in [0.15, 0.2) is 0 Å². The quantitative estimate of drug-likeness (QED) is 0.0393. The van der Waals surface area contributed by atoms with E-state index in [9.17, 15) is 68.1 Å². The zero-order valence-electron chi connectivity index (χ0n) is 45.2. The molecule has 24 heteroatoms. The number of amides is 4. The third-order valence-electron chi connectivity index (χ3n) is 11.7. The molecule has 0 aliphatic heterocycles. The number of nitrogens with one attached hydrogen (secondary N) is 4. The lowest BCUT2D eigenvalue weighted by atomic mass is 9.95. The molecule has 76 heavy (non-hydrogen) atoms. The highest BCUT2D eigenvalue weighted by Crippen LogP contribution is 2.15. The Labute approximate surface area is 447 Å². The third kappa shape index (κ3) is 45.9. The number of Topliss-reactive ketones (excluding diaryl/α,β-unsaturated/α-hetero) is 3. The number of hydrogen-bond donors (Lipinski definition) is 9. The molecule has 4 amide bonds. The molecular formula is C52H90N4O20. The van der Waals surface area contributed by atoms with Crippen molar-refractivity contribution in [3.05, 3.63) is 0 Å². The van der Waals surface area contributed by atoms with Crippen molar-refractivity contribution in [2.24, 2.45) is 11.8 Å². The fraction of sp³-hybridized carbons (Fsp3) is 0.788. The SMILES string of the molecule is CCOCCOCCCC(=O)CC[C@H](NC(=O)CCCCCCCCCCC(=O)O)C(=O)O.CC[C@@H](CCCCNC(=O)CC[C@H](NC(=O)CC[C@H](CC(=O)COCCOCCNC(C)=O)C(=O)O)C(=O)O)C(=O)CO. The Morgan fingerprint density at radius 3 is 1.54 bits per heavy atom. The van der Waals surface area contributed by atoms with E-state index in [1.54, 1.807) is 0 Å². The summed E-state index contributed by atoms with van der Waals surface area (Å²) in [5.41, 5.74) is 0. The number of aliphatic carboxylic acids is 4. The molecule has 0 spiro atoms. The first-order valence-electron chi connectivity index (χ1n) is 26.8. The molecule has 438 valence electrons. The Morgan fingerprint density at radius 2 is 0.987 bits per heavy atom. The van der Waals surface area contributed by atoms with E-state index < -0.39 is 66.1 Å². The van der Waals surface area contributed by atoms with Crippen LogP contribution in [0.3, 0.4) is 0 Å². The topological polar surface area (TPSA) is 374 Å². The predicted molar refractivity (Wildman–Crippen MR) is 276 cm³/mol. The molecule has 0 radical (unpaired) electrons. The molecule has 0 aromatic heterocycles. The number of carbonyl (C=O) groups excluding carboxylic acids is 7. The van der Waals surface area contributed by atoms with Gasteiger partial charge in [-0.3, -0.25) is 43.2 Å². The Kier molecular flexibility index (Phi) is 47.0. The molecule has 0 saturated carbocycles. The summed E-state index contributed by atoms with van der Waals surface area (Å²) in [6, 6.07) is -2.40. The molecule has 0 saturated heterocycles. The third-order valence-corrected chi connectivity index (χ3v) is 11.7. The van der Waals surface area contributed by atoms with Gasteiger partial charge in [-0.15, -0.1) is 0 Å². The number of carboxylic acid groups (broad SMARTS) is 4. The number of ketones is 3. The summed E-state index contributed by atoms with van der Waals surface area (Å²) < 4.78 is 20.9. The van der Waals surface area contributed by atoms with Crippen molar-refractivity contribution in [3.63, 3.8) is 0 Å². The highest BCUT2D eigenvalue weighted by Gasteiger charge is 2.26. The van der Waals surface area contributed by atoms with Crippen LogP contribution in [0.1, 0.15) is 168 Å². The zero-order valence-corrected chi connectivity index (χ0v) is 45.2.